The number of pyridine rings is 2. The van der Waals surface area contributed by atoms with Crippen LogP contribution in [0.5, 0.6) is 0 Å². The van der Waals surface area contributed by atoms with Crippen molar-refractivity contribution >= 4 is 65.2 Å². The molecule has 4 aromatic heterocycles. The van der Waals surface area contributed by atoms with Crippen LogP contribution in [0.3, 0.4) is 0 Å². The molecule has 0 fully saturated rings. The molecule has 0 aliphatic carbocycles. The summed E-state index contributed by atoms with van der Waals surface area (Å²) in [5.74, 6) is 1.75. The number of nitrogens with zero attached hydrogens (tertiary/aromatic N) is 6. The lowest BCUT2D eigenvalue weighted by molar-refractivity contribution is 1.10. The van der Waals surface area contributed by atoms with Crippen LogP contribution in [0.15, 0.2) is 340 Å². The second-order valence-corrected chi connectivity index (χ2v) is 24.1. The van der Waals surface area contributed by atoms with Crippen LogP contribution < -0.4 is 0 Å². The predicted octanol–water partition coefficient (Wildman–Crippen LogP) is 22.8. The van der Waals surface area contributed by atoms with Gasteiger partial charge in [-0.2, -0.15) is 0 Å². The van der Waals surface area contributed by atoms with E-state index >= 15 is 0 Å². The van der Waals surface area contributed by atoms with Gasteiger partial charge in [-0.15, -0.1) is 0 Å². The van der Waals surface area contributed by atoms with Gasteiger partial charge in [-0.05, 0) is 194 Å². The number of hydrogen-bond donors (Lipinski definition) is 0. The Morgan fingerprint density at radius 3 is 1.06 bits per heavy atom. The third-order valence-corrected chi connectivity index (χ3v) is 18.7. The van der Waals surface area contributed by atoms with E-state index in [0.717, 1.165) is 95.2 Å². The first-order chi connectivity index (χ1) is 46.6. The first-order valence-corrected chi connectivity index (χ1v) is 31.9. The van der Waals surface area contributed by atoms with Crippen LogP contribution in [-0.4, -0.2) is 29.1 Å². The molecule has 4 heterocycles. The summed E-state index contributed by atoms with van der Waals surface area (Å²) in [4.78, 5) is 19.4. The van der Waals surface area contributed by atoms with Crippen molar-refractivity contribution in [2.24, 2.45) is 0 Å². The molecule has 0 radical (unpaired) electrons. The minimum atomic E-state index is 0.869. The van der Waals surface area contributed by atoms with E-state index in [0.29, 0.717) is 0 Å². The van der Waals surface area contributed by atoms with Crippen molar-refractivity contribution in [3.8, 4) is 112 Å². The Balaban J connectivity index is 0.709. The SMILES string of the molecule is c1ccc(-c2nc3ccc(-c4cccc(-c5nc6ccccc6n5-c5ccc(-c6c7ccccc7c(-c7ccc(-c8cccnc8)cc7)c7ccccc67)cc5)c4)cc3n2-c2ccc(-c3c4ccccc4c(-c4ccc(-c5ccncc5)cc4)c4ccccc34)cc2)cc1. The molecule has 18 rings (SSSR count). The highest BCUT2D eigenvalue weighted by molar-refractivity contribution is 6.23. The molecular weight excluding hydrogens is 1140 g/mol. The summed E-state index contributed by atoms with van der Waals surface area (Å²) >= 11 is 0. The lowest BCUT2D eigenvalue weighted by atomic mass is 9.85. The summed E-state index contributed by atoms with van der Waals surface area (Å²) in [6.45, 7) is 0. The fourth-order valence-corrected chi connectivity index (χ4v) is 14.4. The lowest BCUT2D eigenvalue weighted by Gasteiger charge is -2.18. The highest BCUT2D eigenvalue weighted by Crippen LogP contribution is 2.47. The number of rotatable bonds is 11. The molecule has 6 heteroatoms. The Hall–Kier alpha value is -12.6. The fourth-order valence-electron chi connectivity index (χ4n) is 14.4. The van der Waals surface area contributed by atoms with E-state index in [1.54, 1.807) is 0 Å². The van der Waals surface area contributed by atoms with Gasteiger partial charge < -0.3 is 0 Å². The van der Waals surface area contributed by atoms with Crippen LogP contribution in [0.4, 0.5) is 0 Å². The smallest absolute Gasteiger partial charge is 0.145 e. The first kappa shape index (κ1) is 54.3. The summed E-state index contributed by atoms with van der Waals surface area (Å²) in [5, 5.41) is 9.71. The molecule has 18 aromatic rings. The minimum Gasteiger partial charge on any atom is -0.292 e. The minimum absolute atomic E-state index is 0.869. The lowest BCUT2D eigenvalue weighted by Crippen LogP contribution is -1.98. The zero-order valence-electron chi connectivity index (χ0n) is 51.0. The van der Waals surface area contributed by atoms with E-state index < -0.39 is 0 Å². The van der Waals surface area contributed by atoms with Crippen molar-refractivity contribution in [3.63, 3.8) is 0 Å². The van der Waals surface area contributed by atoms with E-state index in [1.165, 1.54) is 82.0 Å². The number of hydrogen-bond acceptors (Lipinski definition) is 4. The van der Waals surface area contributed by atoms with Crippen molar-refractivity contribution in [3.05, 3.63) is 340 Å². The standard InChI is InChI=1S/C88H56N6/c1-2-16-64(17-3-1)87-92-80-48-43-66(55-82(80)94(87)70-46-41-63(42-47-70)86-75-25-8-4-21-71(75)83(72-22-5-9-26-76(72)86)60-35-31-57(32-36-60)59-49-52-89-53-50-59)65-18-14-19-67(54-65)88-91-79-29-12-13-30-81(79)93(88)69-44-39-62(40-45-69)85-77-27-10-6-23-73(77)84(74-24-7-11-28-78(74)85)61-37-33-58(34-38-61)68-20-15-51-90-56-68/h1-56H. The van der Waals surface area contributed by atoms with Crippen LogP contribution in [-0.2, 0) is 0 Å². The van der Waals surface area contributed by atoms with Gasteiger partial charge in [-0.3, -0.25) is 19.1 Å². The normalized spacial score (nSPS) is 11.6. The Bertz CT molecular complexity index is 5800. The van der Waals surface area contributed by atoms with Gasteiger partial charge in [-0.1, -0.05) is 243 Å². The molecule has 0 bridgehead atoms. The highest BCUT2D eigenvalue weighted by atomic mass is 15.1. The maximum absolute atomic E-state index is 5.40. The Morgan fingerprint density at radius 1 is 0.202 bits per heavy atom. The fraction of sp³-hybridized carbons (Fsp3) is 0. The van der Waals surface area contributed by atoms with E-state index in [1.807, 2.05) is 30.9 Å². The average Bonchev–Trinajstić information content (AvgIpc) is 0.882. The van der Waals surface area contributed by atoms with Gasteiger partial charge in [0.25, 0.3) is 0 Å². The number of benzene rings is 14. The van der Waals surface area contributed by atoms with E-state index in [2.05, 4.69) is 328 Å². The van der Waals surface area contributed by atoms with Gasteiger partial charge in [-0.25, -0.2) is 9.97 Å². The molecule has 0 spiro atoms. The molecular formula is C88H56N6. The molecule has 14 aromatic carbocycles. The average molecular weight is 1200 g/mol. The van der Waals surface area contributed by atoms with Crippen LogP contribution in [0.1, 0.15) is 0 Å². The summed E-state index contributed by atoms with van der Waals surface area (Å²) in [7, 11) is 0. The highest BCUT2D eigenvalue weighted by Gasteiger charge is 2.23. The topological polar surface area (TPSA) is 61.4 Å². The number of imidazole rings is 2. The van der Waals surface area contributed by atoms with E-state index in [9.17, 15) is 0 Å². The molecule has 6 nitrogen and oxygen atoms in total. The van der Waals surface area contributed by atoms with Crippen LogP contribution in [0.2, 0.25) is 0 Å². The van der Waals surface area contributed by atoms with Crippen molar-refractivity contribution in [2.45, 2.75) is 0 Å². The van der Waals surface area contributed by atoms with E-state index in [4.69, 9.17) is 9.97 Å². The van der Waals surface area contributed by atoms with Crippen LogP contribution in [0, 0.1) is 0 Å². The maximum atomic E-state index is 5.40. The molecule has 94 heavy (non-hydrogen) atoms. The Labute approximate surface area is 543 Å². The second kappa shape index (κ2) is 22.7. The molecule has 438 valence electrons. The number of para-hydroxylation sites is 2. The van der Waals surface area contributed by atoms with Gasteiger partial charge in [0.1, 0.15) is 11.6 Å². The van der Waals surface area contributed by atoms with Crippen molar-refractivity contribution < 1.29 is 0 Å². The summed E-state index contributed by atoms with van der Waals surface area (Å²) in [6.07, 6.45) is 7.43. The molecule has 0 amide bonds. The quantitative estimate of drug-likeness (QED) is 0.121. The maximum Gasteiger partial charge on any atom is 0.145 e. The second-order valence-electron chi connectivity index (χ2n) is 24.1. The zero-order valence-corrected chi connectivity index (χ0v) is 51.0. The third-order valence-electron chi connectivity index (χ3n) is 18.7. The van der Waals surface area contributed by atoms with E-state index in [-0.39, 0.29) is 0 Å². The van der Waals surface area contributed by atoms with Gasteiger partial charge in [0.05, 0.1) is 22.1 Å². The molecule has 0 saturated heterocycles. The van der Waals surface area contributed by atoms with Crippen LogP contribution in [0.25, 0.3) is 177 Å². The summed E-state index contributed by atoms with van der Waals surface area (Å²) in [5.41, 5.74) is 24.3. The Morgan fingerprint density at radius 2 is 0.564 bits per heavy atom. The summed E-state index contributed by atoms with van der Waals surface area (Å²) in [6, 6.07) is 114. The number of aromatic nitrogens is 6. The van der Waals surface area contributed by atoms with Crippen molar-refractivity contribution in [1.82, 2.24) is 29.1 Å². The van der Waals surface area contributed by atoms with Gasteiger partial charge in [0.2, 0.25) is 0 Å². The van der Waals surface area contributed by atoms with Gasteiger partial charge >= 0.3 is 0 Å². The van der Waals surface area contributed by atoms with Gasteiger partial charge in [0.15, 0.2) is 0 Å². The molecule has 0 aliphatic heterocycles. The third kappa shape index (κ3) is 9.26. The molecule has 0 saturated carbocycles. The molecule has 0 N–H and O–H groups in total. The molecule has 0 atom stereocenters. The first-order valence-electron chi connectivity index (χ1n) is 31.9. The Kier molecular flexibility index (Phi) is 13.1. The monoisotopic (exact) mass is 1200 g/mol. The van der Waals surface area contributed by atoms with Crippen molar-refractivity contribution in [1.29, 1.82) is 0 Å². The van der Waals surface area contributed by atoms with Crippen molar-refractivity contribution in [2.75, 3.05) is 0 Å². The largest absolute Gasteiger partial charge is 0.292 e. The summed E-state index contributed by atoms with van der Waals surface area (Å²) < 4.78 is 4.63. The van der Waals surface area contributed by atoms with Gasteiger partial charge in [0, 0.05) is 47.3 Å². The molecule has 0 unspecified atom stereocenters. The predicted molar refractivity (Wildman–Crippen MR) is 390 cm³/mol. The van der Waals surface area contributed by atoms with Crippen LogP contribution >= 0.6 is 0 Å². The zero-order chi connectivity index (χ0) is 62.1. The number of fused-ring (bicyclic) bond motifs is 6. The molecule has 0 aliphatic rings.